The van der Waals surface area contributed by atoms with Gasteiger partial charge in [-0.25, -0.2) is 8.42 Å². The molecule has 0 bridgehead atoms. The van der Waals surface area contributed by atoms with Crippen LogP contribution in [0.5, 0.6) is 0 Å². The van der Waals surface area contributed by atoms with Crippen molar-refractivity contribution in [3.05, 3.63) is 29.8 Å². The minimum Gasteiger partial charge on any atom is -0.350 e. The average molecular weight is 381 g/mol. The molecule has 0 unspecified atom stereocenters. The van der Waals surface area contributed by atoms with Crippen LogP contribution >= 0.6 is 0 Å². The highest BCUT2D eigenvalue weighted by Gasteiger charge is 2.27. The molecule has 0 atom stereocenters. The van der Waals surface area contributed by atoms with Crippen LogP contribution in [0.25, 0.3) is 0 Å². The van der Waals surface area contributed by atoms with Crippen LogP contribution in [0.15, 0.2) is 29.2 Å². The normalized spacial score (nSPS) is 15.7. The second-order valence-corrected chi connectivity index (χ2v) is 9.53. The number of hydrogen-bond acceptors (Lipinski definition) is 4. The van der Waals surface area contributed by atoms with Crippen molar-refractivity contribution < 1.29 is 18.0 Å². The van der Waals surface area contributed by atoms with E-state index in [0.29, 0.717) is 18.7 Å². The predicted octanol–water partition coefficient (Wildman–Crippen LogP) is 1.46. The maximum atomic E-state index is 12.5. The monoisotopic (exact) mass is 381 g/mol. The van der Waals surface area contributed by atoms with Crippen LogP contribution in [0.2, 0.25) is 0 Å². The van der Waals surface area contributed by atoms with Crippen LogP contribution in [0.1, 0.15) is 44.0 Å². The number of likely N-dealkylation sites (N-methyl/N-ethyl adjacent to an activating group) is 1. The molecule has 8 heteroatoms. The molecule has 0 saturated carbocycles. The average Bonchev–Trinajstić information content (AvgIpc) is 3.07. The predicted molar refractivity (Wildman–Crippen MR) is 99.3 cm³/mol. The molecule has 1 heterocycles. The Kier molecular flexibility index (Phi) is 6.08. The first kappa shape index (κ1) is 20.4. The van der Waals surface area contributed by atoms with Gasteiger partial charge in [-0.05, 0) is 57.9 Å². The molecule has 26 heavy (non-hydrogen) atoms. The summed E-state index contributed by atoms with van der Waals surface area (Å²) in [5.74, 6) is -0.583. The second-order valence-electron chi connectivity index (χ2n) is 7.59. The molecule has 0 spiro atoms. The molecule has 2 amide bonds. The highest BCUT2D eigenvalue weighted by atomic mass is 32.2. The lowest BCUT2D eigenvalue weighted by molar-refractivity contribution is -0.122. The van der Waals surface area contributed by atoms with Crippen LogP contribution in [-0.2, 0) is 14.8 Å². The summed E-state index contributed by atoms with van der Waals surface area (Å²) in [6.45, 7) is 6.61. The first-order chi connectivity index (χ1) is 12.0. The van der Waals surface area contributed by atoms with Gasteiger partial charge in [-0.15, -0.1) is 0 Å². The molecule has 144 valence electrons. The maximum absolute atomic E-state index is 12.5. The quantitative estimate of drug-likeness (QED) is 0.836. The molecule has 7 nitrogen and oxygen atoms in total. The zero-order chi connectivity index (χ0) is 19.5. The third-order valence-corrected chi connectivity index (χ3v) is 5.96. The SMILES string of the molecule is CN(CC(=O)NC(C)(C)C)C(=O)c1ccc(S(=O)(=O)N2CCCC2)cc1. The number of hydrogen-bond donors (Lipinski definition) is 1. The maximum Gasteiger partial charge on any atom is 0.254 e. The Morgan fingerprint density at radius 1 is 1.12 bits per heavy atom. The van der Waals surface area contributed by atoms with E-state index in [1.165, 1.54) is 33.5 Å². The van der Waals surface area contributed by atoms with Crippen LogP contribution in [-0.4, -0.2) is 61.7 Å². The van der Waals surface area contributed by atoms with E-state index in [1.54, 1.807) is 7.05 Å². The molecule has 1 aromatic carbocycles. The summed E-state index contributed by atoms with van der Waals surface area (Å²) < 4.78 is 26.5. The standard InChI is InChI=1S/C18H27N3O4S/c1-18(2,3)19-16(22)13-20(4)17(23)14-7-9-15(10-8-14)26(24,25)21-11-5-6-12-21/h7-10H,5-6,11-13H2,1-4H3,(H,19,22). The minimum absolute atomic E-state index is 0.0655. The Morgan fingerprint density at radius 3 is 2.15 bits per heavy atom. The van der Waals surface area contributed by atoms with Crippen molar-refractivity contribution in [2.75, 3.05) is 26.7 Å². The molecule has 0 aromatic heterocycles. The summed E-state index contributed by atoms with van der Waals surface area (Å²) in [7, 11) is -1.96. The molecular weight excluding hydrogens is 354 g/mol. The summed E-state index contributed by atoms with van der Waals surface area (Å²) in [5.41, 5.74) is -0.0246. The fraction of sp³-hybridized carbons (Fsp3) is 0.556. The Hall–Kier alpha value is -1.93. The Bertz CT molecular complexity index is 761. The summed E-state index contributed by atoms with van der Waals surface area (Å²) in [6.07, 6.45) is 1.74. The van der Waals surface area contributed by atoms with Crippen LogP contribution in [0.3, 0.4) is 0 Å². The van der Waals surface area contributed by atoms with Gasteiger partial charge in [0, 0.05) is 31.2 Å². The molecule has 1 aliphatic heterocycles. The van der Waals surface area contributed by atoms with Crippen molar-refractivity contribution in [2.24, 2.45) is 0 Å². The van der Waals surface area contributed by atoms with Gasteiger partial charge in [0.05, 0.1) is 11.4 Å². The van der Waals surface area contributed by atoms with E-state index in [-0.39, 0.29) is 28.8 Å². The number of nitrogens with zero attached hydrogens (tertiary/aromatic N) is 2. The molecule has 1 fully saturated rings. The zero-order valence-corrected chi connectivity index (χ0v) is 16.6. The minimum atomic E-state index is -3.50. The summed E-state index contributed by atoms with van der Waals surface area (Å²) in [5, 5.41) is 2.80. The van der Waals surface area contributed by atoms with E-state index >= 15 is 0 Å². The number of sulfonamides is 1. The first-order valence-corrected chi connectivity index (χ1v) is 10.1. The molecule has 1 aromatic rings. The number of carbonyl (C=O) groups is 2. The number of benzene rings is 1. The number of nitrogens with one attached hydrogen (secondary N) is 1. The van der Waals surface area contributed by atoms with Gasteiger partial charge < -0.3 is 10.2 Å². The smallest absolute Gasteiger partial charge is 0.254 e. The molecule has 0 radical (unpaired) electrons. The summed E-state index contributed by atoms with van der Waals surface area (Å²) in [4.78, 5) is 25.9. The van der Waals surface area contributed by atoms with E-state index in [4.69, 9.17) is 0 Å². The lowest BCUT2D eigenvalue weighted by atomic mass is 10.1. The third kappa shape index (κ3) is 5.04. The zero-order valence-electron chi connectivity index (χ0n) is 15.8. The summed E-state index contributed by atoms with van der Waals surface area (Å²) >= 11 is 0. The van der Waals surface area contributed by atoms with E-state index in [2.05, 4.69) is 5.32 Å². The van der Waals surface area contributed by atoms with Crippen molar-refractivity contribution in [3.8, 4) is 0 Å². The van der Waals surface area contributed by atoms with Gasteiger partial charge in [-0.3, -0.25) is 9.59 Å². The number of amides is 2. The molecule has 0 aliphatic carbocycles. The highest BCUT2D eigenvalue weighted by Crippen LogP contribution is 2.21. The van der Waals surface area contributed by atoms with Gasteiger partial charge in [-0.1, -0.05) is 0 Å². The lowest BCUT2D eigenvalue weighted by Gasteiger charge is -2.23. The van der Waals surface area contributed by atoms with Crippen LogP contribution in [0, 0.1) is 0 Å². The molecule has 1 N–H and O–H groups in total. The molecule has 1 saturated heterocycles. The largest absolute Gasteiger partial charge is 0.350 e. The first-order valence-electron chi connectivity index (χ1n) is 8.67. The van der Waals surface area contributed by atoms with E-state index in [0.717, 1.165) is 12.8 Å². The van der Waals surface area contributed by atoms with Crippen LogP contribution < -0.4 is 5.32 Å². The van der Waals surface area contributed by atoms with Gasteiger partial charge in [0.15, 0.2) is 0 Å². The van der Waals surface area contributed by atoms with Crippen molar-refractivity contribution in [2.45, 2.75) is 44.0 Å². The molecular formula is C18H27N3O4S. The third-order valence-electron chi connectivity index (χ3n) is 4.05. The Labute approximate surface area is 155 Å². The second kappa shape index (κ2) is 7.75. The van der Waals surface area contributed by atoms with E-state index in [9.17, 15) is 18.0 Å². The van der Waals surface area contributed by atoms with Gasteiger partial charge in [0.1, 0.15) is 0 Å². The van der Waals surface area contributed by atoms with Crippen molar-refractivity contribution >= 4 is 21.8 Å². The number of carbonyl (C=O) groups excluding carboxylic acids is 2. The van der Waals surface area contributed by atoms with E-state index < -0.39 is 10.0 Å². The van der Waals surface area contributed by atoms with Crippen molar-refractivity contribution in [1.29, 1.82) is 0 Å². The van der Waals surface area contributed by atoms with Gasteiger partial charge >= 0.3 is 0 Å². The van der Waals surface area contributed by atoms with Crippen LogP contribution in [0.4, 0.5) is 0 Å². The van der Waals surface area contributed by atoms with Crippen molar-refractivity contribution in [3.63, 3.8) is 0 Å². The fourth-order valence-corrected chi connectivity index (χ4v) is 4.33. The summed E-state index contributed by atoms with van der Waals surface area (Å²) in [6, 6.07) is 5.88. The fourth-order valence-electron chi connectivity index (χ4n) is 2.81. The topological polar surface area (TPSA) is 86.8 Å². The number of rotatable bonds is 5. The van der Waals surface area contributed by atoms with Crippen molar-refractivity contribution in [1.82, 2.24) is 14.5 Å². The van der Waals surface area contributed by atoms with Gasteiger partial charge in [0.2, 0.25) is 15.9 Å². The Morgan fingerprint density at radius 2 is 1.65 bits per heavy atom. The molecule has 1 aliphatic rings. The molecule has 2 rings (SSSR count). The lowest BCUT2D eigenvalue weighted by Crippen LogP contribution is -2.46. The Balaban J connectivity index is 2.05. The highest BCUT2D eigenvalue weighted by molar-refractivity contribution is 7.89. The van der Waals surface area contributed by atoms with Gasteiger partial charge in [0.25, 0.3) is 5.91 Å². The van der Waals surface area contributed by atoms with E-state index in [1.807, 2.05) is 20.8 Å². The van der Waals surface area contributed by atoms with Gasteiger partial charge in [-0.2, -0.15) is 4.31 Å².